The second kappa shape index (κ2) is 6.34. The number of hydrogen-bond acceptors (Lipinski definition) is 2. The number of carbonyl (C=O) groups is 2. The number of hydrogen-bond donors (Lipinski definition) is 3. The molecule has 23 heavy (non-hydrogen) atoms. The van der Waals surface area contributed by atoms with Crippen LogP contribution in [0.15, 0.2) is 36.5 Å². The monoisotopic (exact) mass is 333 g/mol. The molecule has 3 rings (SSSR count). The number of nitrogens with one attached hydrogen (secondary N) is 2. The molecule has 2 amide bonds. The van der Waals surface area contributed by atoms with Gasteiger partial charge in [-0.3, -0.25) is 4.79 Å². The summed E-state index contributed by atoms with van der Waals surface area (Å²) in [6.07, 6.45) is 1.48. The van der Waals surface area contributed by atoms with Crippen molar-refractivity contribution in [3.63, 3.8) is 0 Å². The third kappa shape index (κ3) is 3.32. The van der Waals surface area contributed by atoms with E-state index in [-0.39, 0.29) is 11.9 Å². The maximum atomic E-state index is 12.1. The van der Waals surface area contributed by atoms with E-state index >= 15 is 0 Å². The van der Waals surface area contributed by atoms with Crippen LogP contribution in [0.1, 0.15) is 23.0 Å². The van der Waals surface area contributed by atoms with Crippen molar-refractivity contribution in [1.29, 1.82) is 0 Å². The second-order valence-corrected chi connectivity index (χ2v) is 5.85. The number of benzene rings is 1. The van der Waals surface area contributed by atoms with Gasteiger partial charge in [-0.25, -0.2) is 4.79 Å². The van der Waals surface area contributed by atoms with Gasteiger partial charge in [0, 0.05) is 29.9 Å². The van der Waals surface area contributed by atoms with Gasteiger partial charge in [0.25, 0.3) is 5.91 Å². The zero-order chi connectivity index (χ0) is 16.4. The fourth-order valence-corrected chi connectivity index (χ4v) is 2.97. The third-order valence-corrected chi connectivity index (χ3v) is 4.12. The molecule has 0 fully saturated rings. The van der Waals surface area contributed by atoms with Crippen molar-refractivity contribution in [2.24, 2.45) is 0 Å². The fourth-order valence-electron chi connectivity index (χ4n) is 2.78. The van der Waals surface area contributed by atoms with Gasteiger partial charge in [0.1, 0.15) is 5.69 Å². The Bertz CT molecular complexity index is 757. The fraction of sp³-hybridized carbons (Fsp3) is 0.250. The van der Waals surface area contributed by atoms with Crippen LogP contribution in [0.3, 0.4) is 0 Å². The van der Waals surface area contributed by atoms with Crippen LogP contribution in [0.25, 0.3) is 11.1 Å². The molecule has 2 aromatic rings. The van der Waals surface area contributed by atoms with Crippen molar-refractivity contribution >= 4 is 23.6 Å². The standard InChI is InChI=1S/C16H16ClN3O3/c17-12-3-1-2-10(6-12)11-7-14-15(21)19-8-13(20(14)9-11)4-5-18-16(22)23/h1-3,6-7,9,13,18H,4-5,8H2,(H,19,21)(H,22,23). The average Bonchev–Trinajstić information content (AvgIpc) is 2.95. The Morgan fingerprint density at radius 2 is 2.22 bits per heavy atom. The molecule has 1 aliphatic heterocycles. The van der Waals surface area contributed by atoms with Gasteiger partial charge in [-0.1, -0.05) is 23.7 Å². The molecule has 120 valence electrons. The van der Waals surface area contributed by atoms with Crippen LogP contribution in [0.2, 0.25) is 5.02 Å². The van der Waals surface area contributed by atoms with Crippen molar-refractivity contribution in [3.8, 4) is 11.1 Å². The van der Waals surface area contributed by atoms with Crippen molar-refractivity contribution in [3.05, 3.63) is 47.2 Å². The van der Waals surface area contributed by atoms with E-state index in [4.69, 9.17) is 16.7 Å². The molecule has 1 atom stereocenters. The molecule has 0 saturated carbocycles. The summed E-state index contributed by atoms with van der Waals surface area (Å²) >= 11 is 6.03. The lowest BCUT2D eigenvalue weighted by Crippen LogP contribution is -2.39. The first kappa shape index (κ1) is 15.4. The highest BCUT2D eigenvalue weighted by Gasteiger charge is 2.25. The number of carbonyl (C=O) groups excluding carboxylic acids is 1. The van der Waals surface area contributed by atoms with Crippen LogP contribution >= 0.6 is 11.6 Å². The molecular formula is C16H16ClN3O3. The number of amides is 2. The van der Waals surface area contributed by atoms with E-state index in [9.17, 15) is 9.59 Å². The number of carboxylic acid groups (broad SMARTS) is 1. The van der Waals surface area contributed by atoms with Gasteiger partial charge in [-0.05, 0) is 30.2 Å². The molecule has 7 heteroatoms. The highest BCUT2D eigenvalue weighted by atomic mass is 35.5. The summed E-state index contributed by atoms with van der Waals surface area (Å²) in [5, 5.41) is 14.5. The second-order valence-electron chi connectivity index (χ2n) is 5.42. The van der Waals surface area contributed by atoms with E-state index < -0.39 is 6.09 Å². The maximum absolute atomic E-state index is 12.1. The normalized spacial score (nSPS) is 16.6. The van der Waals surface area contributed by atoms with Crippen molar-refractivity contribution in [2.45, 2.75) is 12.5 Å². The van der Waals surface area contributed by atoms with Gasteiger partial charge in [0.2, 0.25) is 0 Å². The van der Waals surface area contributed by atoms with Crippen molar-refractivity contribution in [1.82, 2.24) is 15.2 Å². The van der Waals surface area contributed by atoms with Crippen molar-refractivity contribution < 1.29 is 14.7 Å². The highest BCUT2D eigenvalue weighted by molar-refractivity contribution is 6.30. The number of halogens is 1. The predicted octanol–water partition coefficient (Wildman–Crippen LogP) is 2.75. The largest absolute Gasteiger partial charge is 0.465 e. The topological polar surface area (TPSA) is 83.4 Å². The average molecular weight is 334 g/mol. The number of nitrogens with zero attached hydrogens (tertiary/aromatic N) is 1. The molecule has 0 bridgehead atoms. The lowest BCUT2D eigenvalue weighted by atomic mass is 10.1. The number of aromatic nitrogens is 1. The SMILES string of the molecule is O=C(O)NCCC1CNC(=O)c2cc(-c3cccc(Cl)c3)cn21. The van der Waals surface area contributed by atoms with E-state index in [2.05, 4.69) is 10.6 Å². The van der Waals surface area contributed by atoms with E-state index in [0.29, 0.717) is 30.2 Å². The zero-order valence-electron chi connectivity index (χ0n) is 12.3. The Kier molecular flexibility index (Phi) is 4.25. The molecule has 1 aromatic heterocycles. The van der Waals surface area contributed by atoms with E-state index in [0.717, 1.165) is 11.1 Å². The lowest BCUT2D eigenvalue weighted by molar-refractivity contribution is 0.0912. The third-order valence-electron chi connectivity index (χ3n) is 3.88. The van der Waals surface area contributed by atoms with Gasteiger partial charge in [-0.15, -0.1) is 0 Å². The summed E-state index contributed by atoms with van der Waals surface area (Å²) in [6.45, 7) is 0.816. The van der Waals surface area contributed by atoms with Crippen LogP contribution in [0, 0.1) is 0 Å². The Labute approximate surface area is 138 Å². The minimum Gasteiger partial charge on any atom is -0.465 e. The first-order chi connectivity index (χ1) is 11.0. The van der Waals surface area contributed by atoms with Crippen LogP contribution in [0.4, 0.5) is 4.79 Å². The Balaban J connectivity index is 1.87. The molecule has 1 aromatic carbocycles. The van der Waals surface area contributed by atoms with Crippen LogP contribution in [-0.4, -0.2) is 34.8 Å². The maximum Gasteiger partial charge on any atom is 0.404 e. The Morgan fingerprint density at radius 3 is 2.96 bits per heavy atom. The summed E-state index contributed by atoms with van der Waals surface area (Å²) in [5.41, 5.74) is 2.43. The predicted molar refractivity (Wildman–Crippen MR) is 86.9 cm³/mol. The van der Waals surface area contributed by atoms with Crippen LogP contribution in [0.5, 0.6) is 0 Å². The highest BCUT2D eigenvalue weighted by Crippen LogP contribution is 2.29. The number of fused-ring (bicyclic) bond motifs is 1. The molecule has 3 N–H and O–H groups in total. The van der Waals surface area contributed by atoms with Gasteiger partial charge in [-0.2, -0.15) is 0 Å². The summed E-state index contributed by atoms with van der Waals surface area (Å²) in [5.74, 6) is -0.124. The quantitative estimate of drug-likeness (QED) is 0.804. The summed E-state index contributed by atoms with van der Waals surface area (Å²) in [6, 6.07) is 9.30. The van der Waals surface area contributed by atoms with Gasteiger partial charge in [0.05, 0.1) is 6.04 Å². The lowest BCUT2D eigenvalue weighted by Gasteiger charge is -2.26. The van der Waals surface area contributed by atoms with Gasteiger partial charge in [0.15, 0.2) is 0 Å². The molecule has 1 unspecified atom stereocenters. The molecule has 2 heterocycles. The van der Waals surface area contributed by atoms with Crippen molar-refractivity contribution in [2.75, 3.05) is 13.1 Å². The smallest absolute Gasteiger partial charge is 0.404 e. The first-order valence-corrected chi connectivity index (χ1v) is 7.65. The van der Waals surface area contributed by atoms with E-state index in [1.165, 1.54) is 0 Å². The summed E-state index contributed by atoms with van der Waals surface area (Å²) < 4.78 is 1.92. The minimum absolute atomic E-state index is 0.0162. The molecule has 6 nitrogen and oxygen atoms in total. The molecule has 0 aliphatic carbocycles. The molecule has 0 saturated heterocycles. The van der Waals surface area contributed by atoms with E-state index in [1.54, 1.807) is 6.07 Å². The first-order valence-electron chi connectivity index (χ1n) is 7.27. The molecule has 0 radical (unpaired) electrons. The number of rotatable bonds is 4. The Morgan fingerprint density at radius 1 is 1.39 bits per heavy atom. The van der Waals surface area contributed by atoms with Gasteiger partial charge < -0.3 is 20.3 Å². The molecule has 0 spiro atoms. The zero-order valence-corrected chi connectivity index (χ0v) is 13.0. The van der Waals surface area contributed by atoms with Crippen LogP contribution in [-0.2, 0) is 0 Å². The van der Waals surface area contributed by atoms with Crippen LogP contribution < -0.4 is 10.6 Å². The molecular weight excluding hydrogens is 318 g/mol. The minimum atomic E-state index is -1.04. The van der Waals surface area contributed by atoms with E-state index in [1.807, 2.05) is 35.0 Å². The molecule has 1 aliphatic rings. The summed E-state index contributed by atoms with van der Waals surface area (Å²) in [4.78, 5) is 22.6. The summed E-state index contributed by atoms with van der Waals surface area (Å²) in [7, 11) is 0. The van der Waals surface area contributed by atoms with Gasteiger partial charge >= 0.3 is 6.09 Å². The Hall–Kier alpha value is -2.47.